The van der Waals surface area contributed by atoms with Crippen molar-refractivity contribution in [3.05, 3.63) is 35.9 Å². The van der Waals surface area contributed by atoms with Crippen LogP contribution >= 0.6 is 0 Å². The fourth-order valence-electron chi connectivity index (χ4n) is 3.63. The van der Waals surface area contributed by atoms with E-state index >= 15 is 0 Å². The van der Waals surface area contributed by atoms with Crippen molar-refractivity contribution in [2.75, 3.05) is 32.8 Å². The minimum absolute atomic E-state index is 0.0255. The van der Waals surface area contributed by atoms with Gasteiger partial charge in [-0.05, 0) is 47.1 Å². The Labute approximate surface area is 224 Å². The van der Waals surface area contributed by atoms with E-state index in [0.29, 0.717) is 0 Å². The average molecular weight is 539 g/mol. The fourth-order valence-corrected chi connectivity index (χ4v) is 3.63. The second-order valence-electron chi connectivity index (χ2n) is 11.4. The number of esters is 1. The summed E-state index contributed by atoms with van der Waals surface area (Å²) in [5, 5.41) is 32.4. The third-order valence-corrected chi connectivity index (χ3v) is 5.82. The lowest BCUT2D eigenvalue weighted by molar-refractivity contribution is -0.178. The lowest BCUT2D eigenvalue weighted by Crippen LogP contribution is -2.58. The van der Waals surface area contributed by atoms with Gasteiger partial charge >= 0.3 is 12.1 Å². The van der Waals surface area contributed by atoms with Gasteiger partial charge in [0.1, 0.15) is 30.5 Å². The number of aliphatic hydroxyl groups excluding tert-OH is 3. The molecule has 1 aromatic rings. The Morgan fingerprint density at radius 3 is 1.97 bits per heavy atom. The average Bonchev–Trinajstić information content (AvgIpc) is 2.85. The van der Waals surface area contributed by atoms with E-state index in [1.807, 2.05) is 6.07 Å². The van der Waals surface area contributed by atoms with E-state index in [1.165, 1.54) is 9.80 Å². The molecule has 0 spiro atoms. The number of rotatable bonds is 9. The second kappa shape index (κ2) is 13.4. The van der Waals surface area contributed by atoms with Gasteiger partial charge in [0.2, 0.25) is 0 Å². The summed E-state index contributed by atoms with van der Waals surface area (Å²) < 4.78 is 16.3. The predicted molar refractivity (Wildman–Crippen MR) is 138 cm³/mol. The standard InChI is InChI=1S/C27H42N2O9/c1-26(2,3)24(34)37-17-19(30)22(36-16-18-10-8-7-9-11-18)20(31)21(32)23(33)28-12-14-29(15-13-28)25(35)38-27(4,5)6/h7-11,19-22,30-32H,12-17H2,1-6H3/t19?,20-,21-,22-/m1/s1. The summed E-state index contributed by atoms with van der Waals surface area (Å²) in [6.07, 6.45) is -7.20. The van der Waals surface area contributed by atoms with Crippen LogP contribution in [0.2, 0.25) is 0 Å². The van der Waals surface area contributed by atoms with Crippen LogP contribution in [0.5, 0.6) is 0 Å². The number of amides is 2. The third kappa shape index (κ3) is 9.54. The highest BCUT2D eigenvalue weighted by atomic mass is 16.6. The van der Waals surface area contributed by atoms with Crippen molar-refractivity contribution >= 4 is 18.0 Å². The van der Waals surface area contributed by atoms with E-state index in [9.17, 15) is 29.7 Å². The van der Waals surface area contributed by atoms with Gasteiger partial charge in [0.15, 0.2) is 6.10 Å². The topological polar surface area (TPSA) is 146 Å². The van der Waals surface area contributed by atoms with Gasteiger partial charge in [0.05, 0.1) is 12.0 Å². The van der Waals surface area contributed by atoms with Crippen molar-refractivity contribution in [1.82, 2.24) is 9.80 Å². The normalized spacial score (nSPS) is 17.8. The monoisotopic (exact) mass is 538 g/mol. The van der Waals surface area contributed by atoms with Crippen LogP contribution in [0.3, 0.4) is 0 Å². The molecule has 1 aliphatic heterocycles. The third-order valence-electron chi connectivity index (χ3n) is 5.82. The lowest BCUT2D eigenvalue weighted by atomic mass is 9.97. The van der Waals surface area contributed by atoms with Crippen LogP contribution in [0.25, 0.3) is 0 Å². The number of nitrogens with zero attached hydrogens (tertiary/aromatic N) is 2. The Morgan fingerprint density at radius 2 is 1.45 bits per heavy atom. The van der Waals surface area contributed by atoms with E-state index in [1.54, 1.807) is 65.8 Å². The van der Waals surface area contributed by atoms with Crippen molar-refractivity contribution in [2.24, 2.45) is 5.41 Å². The first-order valence-electron chi connectivity index (χ1n) is 12.7. The largest absolute Gasteiger partial charge is 0.462 e. The van der Waals surface area contributed by atoms with Crippen LogP contribution in [-0.4, -0.2) is 106 Å². The van der Waals surface area contributed by atoms with E-state index in [-0.39, 0.29) is 32.8 Å². The minimum atomic E-state index is -1.92. The molecule has 0 aromatic heterocycles. The number of carbonyl (C=O) groups is 3. The molecule has 1 aromatic carbocycles. The molecule has 1 saturated heterocycles. The van der Waals surface area contributed by atoms with Crippen LogP contribution in [0.4, 0.5) is 4.79 Å². The summed E-state index contributed by atoms with van der Waals surface area (Å²) in [6, 6.07) is 8.96. The SMILES string of the molecule is CC(C)(C)OC(=O)N1CCN(C(=O)[C@H](O)[C@@H](O)[C@H](OCc2ccccc2)C(O)COC(=O)C(C)(C)C)CC1. The number of hydrogen-bond acceptors (Lipinski definition) is 9. The molecule has 38 heavy (non-hydrogen) atoms. The van der Waals surface area contributed by atoms with Gasteiger partial charge < -0.3 is 39.3 Å². The number of hydrogen-bond donors (Lipinski definition) is 3. The van der Waals surface area contributed by atoms with E-state index in [2.05, 4.69) is 0 Å². The Kier molecular flexibility index (Phi) is 11.1. The first-order valence-corrected chi connectivity index (χ1v) is 12.7. The van der Waals surface area contributed by atoms with Gasteiger partial charge in [0.25, 0.3) is 5.91 Å². The summed E-state index contributed by atoms with van der Waals surface area (Å²) in [6.45, 7) is 10.4. The number of benzene rings is 1. The van der Waals surface area contributed by atoms with Crippen LogP contribution in [0.1, 0.15) is 47.1 Å². The quantitative estimate of drug-likeness (QED) is 0.396. The molecule has 1 fully saturated rings. The molecule has 11 nitrogen and oxygen atoms in total. The summed E-state index contributed by atoms with van der Waals surface area (Å²) in [5.41, 5.74) is -0.723. The van der Waals surface area contributed by atoms with Crippen LogP contribution < -0.4 is 0 Å². The minimum Gasteiger partial charge on any atom is -0.462 e. The van der Waals surface area contributed by atoms with Crippen molar-refractivity contribution in [1.29, 1.82) is 0 Å². The number of ether oxygens (including phenoxy) is 3. The zero-order chi connectivity index (χ0) is 28.7. The number of carbonyl (C=O) groups excluding carboxylic acids is 3. The molecule has 2 amide bonds. The van der Waals surface area contributed by atoms with Crippen molar-refractivity contribution in [3.63, 3.8) is 0 Å². The van der Waals surface area contributed by atoms with E-state index < -0.39 is 60.0 Å². The van der Waals surface area contributed by atoms with Gasteiger partial charge in [-0.15, -0.1) is 0 Å². The summed E-state index contributed by atoms with van der Waals surface area (Å²) in [7, 11) is 0. The van der Waals surface area contributed by atoms with Crippen LogP contribution in [0.15, 0.2) is 30.3 Å². The van der Waals surface area contributed by atoms with Gasteiger partial charge in [-0.3, -0.25) is 9.59 Å². The maximum absolute atomic E-state index is 13.0. The molecule has 3 N–H and O–H groups in total. The molecule has 1 heterocycles. The highest BCUT2D eigenvalue weighted by Crippen LogP contribution is 2.19. The smallest absolute Gasteiger partial charge is 0.410 e. The number of aliphatic hydroxyl groups is 3. The van der Waals surface area contributed by atoms with Crippen LogP contribution in [-0.2, 0) is 30.4 Å². The van der Waals surface area contributed by atoms with Gasteiger partial charge in [0, 0.05) is 26.2 Å². The first kappa shape index (κ1) is 31.5. The van der Waals surface area contributed by atoms with Gasteiger partial charge in [-0.2, -0.15) is 0 Å². The molecule has 0 radical (unpaired) electrons. The predicted octanol–water partition coefficient (Wildman–Crippen LogP) is 1.32. The lowest BCUT2D eigenvalue weighted by Gasteiger charge is -2.37. The van der Waals surface area contributed by atoms with Crippen molar-refractivity contribution in [2.45, 2.75) is 78.2 Å². The second-order valence-corrected chi connectivity index (χ2v) is 11.4. The fraction of sp³-hybridized carbons (Fsp3) is 0.667. The Morgan fingerprint density at radius 1 is 0.895 bits per heavy atom. The van der Waals surface area contributed by atoms with Crippen molar-refractivity contribution < 1.29 is 43.9 Å². The van der Waals surface area contributed by atoms with Gasteiger partial charge in [-0.25, -0.2) is 4.79 Å². The molecule has 1 unspecified atom stereocenters. The maximum Gasteiger partial charge on any atom is 0.410 e. The molecule has 1 aliphatic rings. The molecule has 214 valence electrons. The molecule has 0 bridgehead atoms. The summed E-state index contributed by atoms with van der Waals surface area (Å²) in [5.74, 6) is -1.33. The number of piperazine rings is 1. The molecular formula is C27H42N2O9. The Hall–Kier alpha value is -2.73. The zero-order valence-corrected chi connectivity index (χ0v) is 23.1. The first-order chi connectivity index (χ1) is 17.6. The van der Waals surface area contributed by atoms with Gasteiger partial charge in [-0.1, -0.05) is 30.3 Å². The molecular weight excluding hydrogens is 496 g/mol. The van der Waals surface area contributed by atoms with Crippen molar-refractivity contribution in [3.8, 4) is 0 Å². The Bertz CT molecular complexity index is 919. The summed E-state index contributed by atoms with van der Waals surface area (Å²) >= 11 is 0. The molecule has 0 saturated carbocycles. The molecule has 11 heteroatoms. The van der Waals surface area contributed by atoms with Crippen LogP contribution in [0, 0.1) is 5.41 Å². The van der Waals surface area contributed by atoms with E-state index in [0.717, 1.165) is 5.56 Å². The van der Waals surface area contributed by atoms with E-state index in [4.69, 9.17) is 14.2 Å². The maximum atomic E-state index is 13.0. The molecule has 4 atom stereocenters. The zero-order valence-electron chi connectivity index (χ0n) is 23.1. The highest BCUT2D eigenvalue weighted by molar-refractivity contribution is 5.82. The molecule has 0 aliphatic carbocycles. The highest BCUT2D eigenvalue weighted by Gasteiger charge is 2.40. The molecule has 2 rings (SSSR count). The Balaban J connectivity index is 2.05. The summed E-state index contributed by atoms with van der Waals surface area (Å²) in [4.78, 5) is 40.2.